The Morgan fingerprint density at radius 3 is 2.71 bits per heavy atom. The summed E-state index contributed by atoms with van der Waals surface area (Å²) < 4.78 is 0. The van der Waals surface area contributed by atoms with Crippen molar-refractivity contribution in [2.75, 3.05) is 11.1 Å². The molecular formula is C24H26N4O2S. The van der Waals surface area contributed by atoms with Crippen molar-refractivity contribution >= 4 is 29.3 Å². The molecule has 0 spiro atoms. The number of nitrogens with zero attached hydrogens (tertiary/aromatic N) is 2. The molecule has 4 rings (SSSR count). The Morgan fingerprint density at radius 2 is 1.90 bits per heavy atom. The molecule has 0 unspecified atom stereocenters. The van der Waals surface area contributed by atoms with E-state index in [1.807, 2.05) is 6.07 Å². The standard InChI is InChI=1S/C24H26N4O2S/c25-14-17-13-16-7-1-5-11-20(16)28-24(17)31-15-22(29)27-21-12-6-4-10-19(21)23(30)26-18-8-2-3-9-18/h4,6,10,12-13,18H,1-3,5,7-9,11,15H2,(H,26,30)(H,27,29). The Balaban J connectivity index is 1.41. The number of rotatable bonds is 6. The summed E-state index contributed by atoms with van der Waals surface area (Å²) in [5.74, 6) is -0.257. The van der Waals surface area contributed by atoms with Crippen molar-refractivity contribution in [3.63, 3.8) is 0 Å². The van der Waals surface area contributed by atoms with E-state index in [0.717, 1.165) is 62.6 Å². The molecule has 2 N–H and O–H groups in total. The first-order valence-electron chi connectivity index (χ1n) is 10.9. The highest BCUT2D eigenvalue weighted by Crippen LogP contribution is 2.27. The number of thioether (sulfide) groups is 1. The van der Waals surface area contributed by atoms with Crippen LogP contribution in [0, 0.1) is 11.3 Å². The molecule has 2 aliphatic carbocycles. The number of carbonyl (C=O) groups excluding carboxylic acids is 2. The lowest BCUT2D eigenvalue weighted by molar-refractivity contribution is -0.113. The Kier molecular flexibility index (Phi) is 6.88. The van der Waals surface area contributed by atoms with Crippen LogP contribution in [-0.2, 0) is 17.6 Å². The minimum absolute atomic E-state index is 0.124. The molecule has 6 nitrogen and oxygen atoms in total. The molecule has 2 aliphatic rings. The summed E-state index contributed by atoms with van der Waals surface area (Å²) in [7, 11) is 0. The van der Waals surface area contributed by atoms with Crippen LogP contribution in [0.5, 0.6) is 0 Å². The van der Waals surface area contributed by atoms with Gasteiger partial charge >= 0.3 is 0 Å². The number of fused-ring (bicyclic) bond motifs is 1. The Labute approximate surface area is 186 Å². The normalized spacial score (nSPS) is 15.7. The molecule has 1 heterocycles. The molecule has 1 aromatic heterocycles. The first-order valence-corrected chi connectivity index (χ1v) is 11.9. The van der Waals surface area contributed by atoms with E-state index >= 15 is 0 Å². The van der Waals surface area contributed by atoms with Gasteiger partial charge in [0.25, 0.3) is 5.91 Å². The number of pyridine rings is 1. The second-order valence-electron chi connectivity index (χ2n) is 8.10. The van der Waals surface area contributed by atoms with Crippen molar-refractivity contribution in [3.8, 4) is 6.07 Å². The van der Waals surface area contributed by atoms with Crippen LogP contribution in [0.4, 0.5) is 5.69 Å². The molecule has 160 valence electrons. The molecular weight excluding hydrogens is 408 g/mol. The zero-order valence-electron chi connectivity index (χ0n) is 17.4. The molecule has 2 aromatic rings. The Morgan fingerprint density at radius 1 is 1.13 bits per heavy atom. The highest BCUT2D eigenvalue weighted by atomic mass is 32.2. The van der Waals surface area contributed by atoms with Crippen LogP contribution in [0.2, 0.25) is 0 Å². The highest BCUT2D eigenvalue weighted by Gasteiger charge is 2.21. The number of hydrogen-bond acceptors (Lipinski definition) is 5. The van der Waals surface area contributed by atoms with Gasteiger partial charge in [0, 0.05) is 11.7 Å². The number of benzene rings is 1. The van der Waals surface area contributed by atoms with Gasteiger partial charge in [0.1, 0.15) is 11.1 Å². The van der Waals surface area contributed by atoms with Crippen LogP contribution >= 0.6 is 11.8 Å². The van der Waals surface area contributed by atoms with E-state index in [0.29, 0.717) is 21.8 Å². The van der Waals surface area contributed by atoms with Crippen LogP contribution in [0.25, 0.3) is 0 Å². The van der Waals surface area contributed by atoms with Gasteiger partial charge in [-0.25, -0.2) is 4.98 Å². The predicted molar refractivity (Wildman–Crippen MR) is 121 cm³/mol. The van der Waals surface area contributed by atoms with Crippen LogP contribution in [0.15, 0.2) is 35.4 Å². The van der Waals surface area contributed by atoms with Crippen molar-refractivity contribution < 1.29 is 9.59 Å². The van der Waals surface area contributed by atoms with Crippen molar-refractivity contribution in [3.05, 3.63) is 52.7 Å². The Bertz CT molecular complexity index is 1020. The van der Waals surface area contributed by atoms with Crippen LogP contribution < -0.4 is 10.6 Å². The fourth-order valence-electron chi connectivity index (χ4n) is 4.25. The second-order valence-corrected chi connectivity index (χ2v) is 9.07. The lowest BCUT2D eigenvalue weighted by Crippen LogP contribution is -2.33. The van der Waals surface area contributed by atoms with E-state index in [4.69, 9.17) is 0 Å². The molecule has 0 atom stereocenters. The van der Waals surface area contributed by atoms with Gasteiger partial charge in [0.05, 0.1) is 22.6 Å². The zero-order valence-corrected chi connectivity index (χ0v) is 18.3. The van der Waals surface area contributed by atoms with E-state index in [9.17, 15) is 14.9 Å². The maximum absolute atomic E-state index is 12.7. The Hall–Kier alpha value is -2.85. The molecule has 0 aliphatic heterocycles. The lowest BCUT2D eigenvalue weighted by Gasteiger charge is -2.17. The summed E-state index contributed by atoms with van der Waals surface area (Å²) in [4.78, 5) is 30.0. The maximum atomic E-state index is 12.7. The minimum atomic E-state index is -0.227. The number of anilines is 1. The zero-order chi connectivity index (χ0) is 21.6. The largest absolute Gasteiger partial charge is 0.349 e. The summed E-state index contributed by atoms with van der Waals surface area (Å²) in [5.41, 5.74) is 3.69. The van der Waals surface area contributed by atoms with Gasteiger partial charge in [-0.2, -0.15) is 5.26 Å². The van der Waals surface area contributed by atoms with Crippen molar-refractivity contribution in [2.24, 2.45) is 0 Å². The van der Waals surface area contributed by atoms with Crippen LogP contribution in [-0.4, -0.2) is 28.6 Å². The van der Waals surface area contributed by atoms with Gasteiger partial charge in [-0.15, -0.1) is 0 Å². The van der Waals surface area contributed by atoms with E-state index in [1.165, 1.54) is 11.8 Å². The monoisotopic (exact) mass is 434 g/mol. The van der Waals surface area contributed by atoms with E-state index < -0.39 is 0 Å². The molecule has 7 heteroatoms. The maximum Gasteiger partial charge on any atom is 0.253 e. The third-order valence-electron chi connectivity index (χ3n) is 5.86. The quantitative estimate of drug-likeness (QED) is 0.663. The van der Waals surface area contributed by atoms with Gasteiger partial charge in [0.15, 0.2) is 0 Å². The molecule has 0 saturated heterocycles. The number of nitriles is 1. The van der Waals surface area contributed by atoms with Crippen LogP contribution in [0.1, 0.15) is 65.7 Å². The van der Waals surface area contributed by atoms with Crippen molar-refractivity contribution in [1.29, 1.82) is 5.26 Å². The fourth-order valence-corrected chi connectivity index (χ4v) is 5.02. The number of para-hydroxylation sites is 1. The topological polar surface area (TPSA) is 94.9 Å². The number of amides is 2. The average molecular weight is 435 g/mol. The predicted octanol–water partition coefficient (Wildman–Crippen LogP) is 4.24. The van der Waals surface area contributed by atoms with Crippen LogP contribution in [0.3, 0.4) is 0 Å². The van der Waals surface area contributed by atoms with E-state index in [-0.39, 0.29) is 23.6 Å². The number of nitrogens with one attached hydrogen (secondary N) is 2. The molecule has 31 heavy (non-hydrogen) atoms. The SMILES string of the molecule is N#Cc1cc2c(nc1SCC(=O)Nc1ccccc1C(=O)NC1CCCC1)CCCC2. The molecule has 0 bridgehead atoms. The number of aromatic nitrogens is 1. The fraction of sp³-hybridized carbons (Fsp3) is 0.417. The first kappa shape index (κ1) is 21.4. The number of hydrogen-bond donors (Lipinski definition) is 2. The minimum Gasteiger partial charge on any atom is -0.349 e. The summed E-state index contributed by atoms with van der Waals surface area (Å²) in [5, 5.41) is 16.0. The van der Waals surface area contributed by atoms with E-state index in [2.05, 4.69) is 21.7 Å². The number of carbonyl (C=O) groups is 2. The summed E-state index contributed by atoms with van der Waals surface area (Å²) in [6, 6.07) is 11.4. The molecule has 1 fully saturated rings. The van der Waals surface area contributed by atoms with Gasteiger partial charge in [-0.05, 0) is 62.3 Å². The third kappa shape index (κ3) is 5.26. The summed E-state index contributed by atoms with van der Waals surface area (Å²) in [6.07, 6.45) is 8.41. The summed E-state index contributed by atoms with van der Waals surface area (Å²) in [6.45, 7) is 0. The third-order valence-corrected chi connectivity index (χ3v) is 6.85. The second kappa shape index (κ2) is 9.97. The highest BCUT2D eigenvalue weighted by molar-refractivity contribution is 8.00. The van der Waals surface area contributed by atoms with Gasteiger partial charge in [-0.3, -0.25) is 9.59 Å². The van der Waals surface area contributed by atoms with Gasteiger partial charge in [-0.1, -0.05) is 36.7 Å². The van der Waals surface area contributed by atoms with Crippen molar-refractivity contribution in [1.82, 2.24) is 10.3 Å². The van der Waals surface area contributed by atoms with Gasteiger partial charge < -0.3 is 10.6 Å². The molecule has 1 saturated carbocycles. The van der Waals surface area contributed by atoms with E-state index in [1.54, 1.807) is 24.3 Å². The first-order chi connectivity index (χ1) is 15.1. The average Bonchev–Trinajstić information content (AvgIpc) is 3.30. The molecule has 0 radical (unpaired) electrons. The molecule has 1 aromatic carbocycles. The van der Waals surface area contributed by atoms with Crippen molar-refractivity contribution in [2.45, 2.75) is 62.4 Å². The molecule has 2 amide bonds. The lowest BCUT2D eigenvalue weighted by atomic mass is 9.95. The smallest absolute Gasteiger partial charge is 0.253 e. The summed E-state index contributed by atoms with van der Waals surface area (Å²) >= 11 is 1.27. The number of aryl methyl sites for hydroxylation is 2. The van der Waals surface area contributed by atoms with Gasteiger partial charge in [0.2, 0.25) is 5.91 Å².